The average molecular weight is 257 g/mol. The Balaban J connectivity index is 2.85. The zero-order chi connectivity index (χ0) is 13.7. The van der Waals surface area contributed by atoms with Crippen molar-refractivity contribution in [3.63, 3.8) is 0 Å². The van der Waals surface area contributed by atoms with E-state index < -0.39 is 17.9 Å². The van der Waals surface area contributed by atoms with Crippen molar-refractivity contribution >= 4 is 11.8 Å². The van der Waals surface area contributed by atoms with Crippen LogP contribution in [0.4, 0.5) is 0 Å². The standard InChI is InChI=1S/C10H15N3O5/c11-10(18)6(5-7(15)12-3-4-14)13-8(16)1-2-9(13)17/h1-2,6,14,16-17H,3-5H2,(H2,11,18)(H,12,15). The predicted molar refractivity (Wildman–Crippen MR) is 60.7 cm³/mol. The van der Waals surface area contributed by atoms with Crippen LogP contribution in [0.1, 0.15) is 12.5 Å². The fourth-order valence-electron chi connectivity index (χ4n) is 1.51. The third-order valence-corrected chi connectivity index (χ3v) is 2.33. The zero-order valence-corrected chi connectivity index (χ0v) is 9.54. The molecule has 6 N–H and O–H groups in total. The third kappa shape index (κ3) is 3.14. The van der Waals surface area contributed by atoms with Gasteiger partial charge in [-0.05, 0) is 0 Å². The molecule has 0 radical (unpaired) electrons. The van der Waals surface area contributed by atoms with Gasteiger partial charge in [0.15, 0.2) is 11.8 Å². The Morgan fingerprint density at radius 1 is 1.33 bits per heavy atom. The predicted octanol–water partition coefficient (Wildman–Crippen LogP) is -1.58. The summed E-state index contributed by atoms with van der Waals surface area (Å²) in [5.41, 5.74) is 5.13. The molecule has 100 valence electrons. The van der Waals surface area contributed by atoms with Gasteiger partial charge in [-0.3, -0.25) is 14.2 Å². The summed E-state index contributed by atoms with van der Waals surface area (Å²) in [4.78, 5) is 22.7. The first-order valence-electron chi connectivity index (χ1n) is 5.23. The van der Waals surface area contributed by atoms with Gasteiger partial charge >= 0.3 is 0 Å². The molecule has 1 aromatic rings. The molecule has 8 nitrogen and oxygen atoms in total. The van der Waals surface area contributed by atoms with Gasteiger partial charge < -0.3 is 26.4 Å². The Morgan fingerprint density at radius 2 is 1.89 bits per heavy atom. The Hall–Kier alpha value is -2.22. The van der Waals surface area contributed by atoms with Crippen LogP contribution in [0.15, 0.2) is 12.1 Å². The smallest absolute Gasteiger partial charge is 0.241 e. The van der Waals surface area contributed by atoms with Crippen molar-refractivity contribution in [1.29, 1.82) is 0 Å². The molecule has 8 heteroatoms. The van der Waals surface area contributed by atoms with Crippen molar-refractivity contribution in [2.75, 3.05) is 13.2 Å². The summed E-state index contributed by atoms with van der Waals surface area (Å²) in [5.74, 6) is -2.13. The number of carbonyl (C=O) groups excluding carboxylic acids is 2. The van der Waals surface area contributed by atoms with Crippen molar-refractivity contribution in [3.05, 3.63) is 12.1 Å². The molecule has 0 fully saturated rings. The molecular weight excluding hydrogens is 242 g/mol. The SMILES string of the molecule is NC(=O)C(CC(=O)NCCO)n1c(O)ccc1O. The van der Waals surface area contributed by atoms with E-state index >= 15 is 0 Å². The maximum absolute atomic E-state index is 11.4. The van der Waals surface area contributed by atoms with Gasteiger partial charge in [0.05, 0.1) is 13.0 Å². The lowest BCUT2D eigenvalue weighted by Crippen LogP contribution is -2.34. The number of carbonyl (C=O) groups is 2. The highest BCUT2D eigenvalue weighted by Gasteiger charge is 2.25. The molecule has 0 aliphatic carbocycles. The number of rotatable bonds is 6. The lowest BCUT2D eigenvalue weighted by Gasteiger charge is -2.17. The molecule has 1 rings (SSSR count). The van der Waals surface area contributed by atoms with Gasteiger partial charge in [0.25, 0.3) is 0 Å². The van der Waals surface area contributed by atoms with Crippen LogP contribution in [0.25, 0.3) is 0 Å². The molecule has 0 saturated carbocycles. The molecule has 0 aliphatic heterocycles. The molecular formula is C10H15N3O5. The molecule has 1 unspecified atom stereocenters. The van der Waals surface area contributed by atoms with Crippen LogP contribution in [-0.2, 0) is 9.59 Å². The minimum atomic E-state index is -1.20. The van der Waals surface area contributed by atoms with Crippen molar-refractivity contribution in [2.45, 2.75) is 12.5 Å². The summed E-state index contributed by atoms with van der Waals surface area (Å²) < 4.78 is 0.862. The van der Waals surface area contributed by atoms with E-state index in [4.69, 9.17) is 10.8 Å². The monoisotopic (exact) mass is 257 g/mol. The topological polar surface area (TPSA) is 138 Å². The minimum absolute atomic E-state index is 0.0496. The average Bonchev–Trinajstić information content (AvgIpc) is 2.63. The molecule has 0 aromatic carbocycles. The van der Waals surface area contributed by atoms with Crippen LogP contribution < -0.4 is 11.1 Å². The summed E-state index contributed by atoms with van der Waals surface area (Å²) in [6, 6.07) is 1.16. The molecule has 1 atom stereocenters. The molecule has 18 heavy (non-hydrogen) atoms. The Labute approximate surface area is 103 Å². The van der Waals surface area contributed by atoms with E-state index in [0.29, 0.717) is 0 Å². The van der Waals surface area contributed by atoms with Crippen molar-refractivity contribution in [3.8, 4) is 11.8 Å². The second kappa shape index (κ2) is 5.92. The highest BCUT2D eigenvalue weighted by Crippen LogP contribution is 2.28. The summed E-state index contributed by atoms with van der Waals surface area (Å²) in [6.07, 6.45) is -0.342. The molecule has 1 heterocycles. The fraction of sp³-hybridized carbons (Fsp3) is 0.400. The van der Waals surface area contributed by atoms with Crippen LogP contribution in [0.5, 0.6) is 11.8 Å². The lowest BCUT2D eigenvalue weighted by molar-refractivity contribution is -0.128. The van der Waals surface area contributed by atoms with Crippen molar-refractivity contribution in [2.24, 2.45) is 5.73 Å². The number of amides is 2. The number of aliphatic hydroxyl groups is 1. The second-order valence-corrected chi connectivity index (χ2v) is 3.62. The van der Waals surface area contributed by atoms with Gasteiger partial charge in [-0.1, -0.05) is 0 Å². The van der Waals surface area contributed by atoms with Crippen LogP contribution in [0, 0.1) is 0 Å². The number of aliphatic hydroxyl groups excluding tert-OH is 1. The van der Waals surface area contributed by atoms with E-state index in [9.17, 15) is 19.8 Å². The molecule has 0 spiro atoms. The van der Waals surface area contributed by atoms with Gasteiger partial charge in [0.2, 0.25) is 11.8 Å². The molecule has 0 saturated heterocycles. The van der Waals surface area contributed by atoms with E-state index in [1.807, 2.05) is 0 Å². The highest BCUT2D eigenvalue weighted by molar-refractivity contribution is 5.86. The van der Waals surface area contributed by atoms with E-state index in [0.717, 1.165) is 4.57 Å². The van der Waals surface area contributed by atoms with Crippen molar-refractivity contribution < 1.29 is 24.9 Å². The number of hydrogen-bond acceptors (Lipinski definition) is 5. The first-order valence-corrected chi connectivity index (χ1v) is 5.23. The number of nitrogens with two attached hydrogens (primary N) is 1. The number of nitrogens with one attached hydrogen (secondary N) is 1. The van der Waals surface area contributed by atoms with E-state index in [1.165, 1.54) is 12.1 Å². The second-order valence-electron chi connectivity index (χ2n) is 3.62. The first-order chi connectivity index (χ1) is 8.47. The number of aromatic nitrogens is 1. The normalized spacial score (nSPS) is 12.1. The van der Waals surface area contributed by atoms with Gasteiger partial charge in [-0.25, -0.2) is 0 Å². The van der Waals surface area contributed by atoms with E-state index in [1.54, 1.807) is 0 Å². The van der Waals surface area contributed by atoms with Gasteiger partial charge in [0.1, 0.15) is 6.04 Å². The largest absolute Gasteiger partial charge is 0.494 e. The lowest BCUT2D eigenvalue weighted by atomic mass is 10.2. The Morgan fingerprint density at radius 3 is 2.33 bits per heavy atom. The van der Waals surface area contributed by atoms with Crippen molar-refractivity contribution in [1.82, 2.24) is 9.88 Å². The van der Waals surface area contributed by atoms with Gasteiger partial charge in [0, 0.05) is 18.7 Å². The minimum Gasteiger partial charge on any atom is -0.494 e. The zero-order valence-electron chi connectivity index (χ0n) is 9.54. The van der Waals surface area contributed by atoms with Crippen LogP contribution in [-0.4, -0.2) is 44.9 Å². The summed E-state index contributed by atoms with van der Waals surface area (Å²) in [6.45, 7) is -0.180. The quantitative estimate of drug-likeness (QED) is 0.419. The third-order valence-electron chi connectivity index (χ3n) is 2.33. The molecule has 0 aliphatic rings. The van der Waals surface area contributed by atoms with Gasteiger partial charge in [-0.15, -0.1) is 0 Å². The number of primary amides is 1. The summed E-state index contributed by atoms with van der Waals surface area (Å²) in [5, 5.41) is 29.8. The molecule has 2 amide bonds. The van der Waals surface area contributed by atoms with Crippen LogP contribution in [0.3, 0.4) is 0 Å². The summed E-state index contributed by atoms with van der Waals surface area (Å²) >= 11 is 0. The fourth-order valence-corrected chi connectivity index (χ4v) is 1.51. The molecule has 1 aromatic heterocycles. The molecule has 0 bridgehead atoms. The number of hydrogen-bond donors (Lipinski definition) is 5. The Kier molecular flexibility index (Phi) is 4.55. The van der Waals surface area contributed by atoms with Crippen LogP contribution in [0.2, 0.25) is 0 Å². The number of nitrogens with zero attached hydrogens (tertiary/aromatic N) is 1. The maximum atomic E-state index is 11.4. The highest BCUT2D eigenvalue weighted by atomic mass is 16.3. The first kappa shape index (κ1) is 13.8. The maximum Gasteiger partial charge on any atom is 0.241 e. The van der Waals surface area contributed by atoms with E-state index in [-0.39, 0.29) is 31.3 Å². The number of aromatic hydroxyl groups is 2. The Bertz CT molecular complexity index is 423. The van der Waals surface area contributed by atoms with Gasteiger partial charge in [-0.2, -0.15) is 0 Å². The summed E-state index contributed by atoms with van der Waals surface area (Å²) in [7, 11) is 0. The van der Waals surface area contributed by atoms with E-state index in [2.05, 4.69) is 5.32 Å². The van der Waals surface area contributed by atoms with Crippen LogP contribution >= 0.6 is 0 Å².